The molecular weight excluding hydrogens is 853 g/mol. The summed E-state index contributed by atoms with van der Waals surface area (Å²) < 4.78 is 16.7. The first kappa shape index (κ1) is 65.3. The third-order valence-corrected chi connectivity index (χ3v) is 12.1. The van der Waals surface area contributed by atoms with E-state index in [0.29, 0.717) is 19.3 Å². The van der Waals surface area contributed by atoms with Crippen LogP contribution < -0.4 is 0 Å². The summed E-state index contributed by atoms with van der Waals surface area (Å²) in [5, 5.41) is 0. The topological polar surface area (TPSA) is 78.9 Å². The monoisotopic (exact) mass is 959 g/mol. The molecular formula is C63H106O6. The van der Waals surface area contributed by atoms with E-state index in [9.17, 15) is 14.4 Å². The van der Waals surface area contributed by atoms with E-state index in [0.717, 1.165) is 109 Å². The molecule has 0 rings (SSSR count). The number of carbonyl (C=O) groups is 3. The van der Waals surface area contributed by atoms with Gasteiger partial charge in [-0.15, -0.1) is 0 Å². The van der Waals surface area contributed by atoms with E-state index in [1.807, 2.05) is 0 Å². The molecule has 0 bridgehead atoms. The molecule has 6 heteroatoms. The van der Waals surface area contributed by atoms with E-state index < -0.39 is 6.10 Å². The zero-order chi connectivity index (χ0) is 50.0. The van der Waals surface area contributed by atoms with Crippen molar-refractivity contribution in [1.82, 2.24) is 0 Å². The van der Waals surface area contributed by atoms with Crippen molar-refractivity contribution in [1.29, 1.82) is 0 Å². The van der Waals surface area contributed by atoms with E-state index >= 15 is 0 Å². The first-order valence-electron chi connectivity index (χ1n) is 28.7. The molecule has 0 aromatic carbocycles. The van der Waals surface area contributed by atoms with Gasteiger partial charge in [0.1, 0.15) is 13.2 Å². The first-order valence-corrected chi connectivity index (χ1v) is 28.7. The molecule has 0 aliphatic heterocycles. The Morgan fingerprint density at radius 1 is 0.304 bits per heavy atom. The summed E-state index contributed by atoms with van der Waals surface area (Å²) in [6.45, 7) is 6.46. The van der Waals surface area contributed by atoms with Crippen molar-refractivity contribution in [3.63, 3.8) is 0 Å². The van der Waals surface area contributed by atoms with Crippen molar-refractivity contribution in [2.75, 3.05) is 13.2 Å². The highest BCUT2D eigenvalue weighted by Crippen LogP contribution is 2.16. The fraction of sp³-hybridized carbons (Fsp3) is 0.698. The highest BCUT2D eigenvalue weighted by atomic mass is 16.6. The van der Waals surface area contributed by atoms with Gasteiger partial charge >= 0.3 is 17.9 Å². The van der Waals surface area contributed by atoms with Crippen molar-refractivity contribution in [2.24, 2.45) is 0 Å². The summed E-state index contributed by atoms with van der Waals surface area (Å²) >= 11 is 0. The second-order valence-corrected chi connectivity index (χ2v) is 18.8. The van der Waals surface area contributed by atoms with Gasteiger partial charge in [-0.25, -0.2) is 0 Å². The third kappa shape index (κ3) is 55.1. The summed E-state index contributed by atoms with van der Waals surface area (Å²) in [6, 6.07) is 0. The Labute approximate surface area is 426 Å². The largest absolute Gasteiger partial charge is 0.462 e. The van der Waals surface area contributed by atoms with Crippen LogP contribution in [0.4, 0.5) is 0 Å². The quantitative estimate of drug-likeness (QED) is 0.0262. The first-order chi connectivity index (χ1) is 34.0. The van der Waals surface area contributed by atoms with Crippen molar-refractivity contribution < 1.29 is 28.6 Å². The molecule has 69 heavy (non-hydrogen) atoms. The van der Waals surface area contributed by atoms with Crippen LogP contribution in [0, 0.1) is 0 Å². The third-order valence-electron chi connectivity index (χ3n) is 12.1. The van der Waals surface area contributed by atoms with Gasteiger partial charge in [-0.1, -0.05) is 259 Å². The number of ether oxygens (including phenoxy) is 3. The van der Waals surface area contributed by atoms with Gasteiger partial charge in [0.2, 0.25) is 0 Å². The van der Waals surface area contributed by atoms with Crippen LogP contribution in [0.3, 0.4) is 0 Å². The molecule has 6 nitrogen and oxygen atoms in total. The predicted molar refractivity (Wildman–Crippen MR) is 297 cm³/mol. The highest BCUT2D eigenvalue weighted by molar-refractivity contribution is 5.71. The average molecular weight is 960 g/mol. The smallest absolute Gasteiger partial charge is 0.306 e. The van der Waals surface area contributed by atoms with Crippen LogP contribution in [0.5, 0.6) is 0 Å². The highest BCUT2D eigenvalue weighted by Gasteiger charge is 2.19. The summed E-state index contributed by atoms with van der Waals surface area (Å²) in [5.41, 5.74) is 0. The van der Waals surface area contributed by atoms with E-state index in [2.05, 4.69) is 118 Å². The Kier molecular flexibility index (Phi) is 53.9. The lowest BCUT2D eigenvalue weighted by molar-refractivity contribution is -0.167. The second kappa shape index (κ2) is 56.9. The Hall–Kier alpha value is -3.67. The Balaban J connectivity index is 4.28. The molecule has 1 atom stereocenters. The lowest BCUT2D eigenvalue weighted by Crippen LogP contribution is -2.30. The summed E-state index contributed by atoms with van der Waals surface area (Å²) in [4.78, 5) is 37.9. The maximum atomic E-state index is 12.8. The number of esters is 3. The maximum Gasteiger partial charge on any atom is 0.306 e. The number of allylic oxidation sites excluding steroid dienone is 16. The van der Waals surface area contributed by atoms with Crippen LogP contribution in [0.1, 0.15) is 265 Å². The van der Waals surface area contributed by atoms with Gasteiger partial charge in [-0.05, 0) is 83.5 Å². The number of unbranched alkanes of at least 4 members (excludes halogenated alkanes) is 24. The van der Waals surface area contributed by atoms with Crippen LogP contribution in [0.25, 0.3) is 0 Å². The predicted octanol–water partition coefficient (Wildman–Crippen LogP) is 19.3. The van der Waals surface area contributed by atoms with Gasteiger partial charge in [-0.3, -0.25) is 14.4 Å². The number of hydrogen-bond donors (Lipinski definition) is 0. The molecule has 0 spiro atoms. The normalized spacial score (nSPS) is 12.8. The van der Waals surface area contributed by atoms with Gasteiger partial charge in [-0.2, -0.15) is 0 Å². The molecule has 0 amide bonds. The molecule has 0 aliphatic rings. The zero-order valence-electron chi connectivity index (χ0n) is 45.0. The van der Waals surface area contributed by atoms with E-state index in [-0.39, 0.29) is 31.1 Å². The average Bonchev–Trinajstić information content (AvgIpc) is 3.35. The van der Waals surface area contributed by atoms with Gasteiger partial charge < -0.3 is 14.2 Å². The minimum Gasteiger partial charge on any atom is -0.462 e. The molecule has 0 radical (unpaired) electrons. The molecule has 1 unspecified atom stereocenters. The van der Waals surface area contributed by atoms with E-state index in [4.69, 9.17) is 14.2 Å². The standard InChI is InChI=1S/C63H106O6/c1-4-7-10-13-16-18-20-22-24-26-27-28-29-30-31-32-33-34-35-37-38-40-42-44-47-50-53-56-62(65)68-59-60(58-67-61(64)55-52-49-46-15-12-9-6-3)69-63(66)57-54-51-48-45-43-41-39-36-25-23-21-19-17-14-11-8-5-2/h7,10,16,18,22,24,27-28,30-31,33-34,37-38,42,44,60H,4-6,8-9,11-15,17,19-21,23,25-26,29,32,35-36,39-41,43,45-59H2,1-3H3/b10-7-,18-16-,24-22-,28-27-,31-30-,34-33-,38-37-,44-42-. The lowest BCUT2D eigenvalue weighted by Gasteiger charge is -2.18. The van der Waals surface area contributed by atoms with Crippen LogP contribution in [0.2, 0.25) is 0 Å². The van der Waals surface area contributed by atoms with E-state index in [1.54, 1.807) is 0 Å². The summed E-state index contributed by atoms with van der Waals surface area (Å²) in [7, 11) is 0. The second-order valence-electron chi connectivity index (χ2n) is 18.8. The van der Waals surface area contributed by atoms with Crippen molar-refractivity contribution in [2.45, 2.75) is 271 Å². The van der Waals surface area contributed by atoms with Gasteiger partial charge in [0.05, 0.1) is 0 Å². The van der Waals surface area contributed by atoms with Crippen molar-refractivity contribution in [3.05, 3.63) is 97.2 Å². The Bertz CT molecular complexity index is 1380. The number of rotatable bonds is 51. The SMILES string of the molecule is CC/C=C\C/C=C\C/C=C\C/C=C\C/C=C\C/C=C\C/C=C\C/C=C\CCCCC(=O)OCC(COC(=O)CCCCCCCCC)OC(=O)CCCCCCCCCCCCCCCCCCC. The van der Waals surface area contributed by atoms with Crippen molar-refractivity contribution >= 4 is 17.9 Å². The molecule has 0 fully saturated rings. The molecule has 0 aromatic heterocycles. The molecule has 394 valence electrons. The van der Waals surface area contributed by atoms with Crippen LogP contribution in [-0.2, 0) is 28.6 Å². The Morgan fingerprint density at radius 2 is 0.565 bits per heavy atom. The van der Waals surface area contributed by atoms with Crippen LogP contribution in [-0.4, -0.2) is 37.2 Å². The maximum absolute atomic E-state index is 12.8. The van der Waals surface area contributed by atoms with E-state index in [1.165, 1.54) is 116 Å². The molecule has 0 aromatic rings. The molecule has 0 saturated carbocycles. The number of hydrogen-bond acceptors (Lipinski definition) is 6. The summed E-state index contributed by atoms with van der Waals surface area (Å²) in [6.07, 6.45) is 75.7. The minimum absolute atomic E-state index is 0.0893. The van der Waals surface area contributed by atoms with Crippen molar-refractivity contribution in [3.8, 4) is 0 Å². The molecule has 0 heterocycles. The molecule has 0 N–H and O–H groups in total. The fourth-order valence-corrected chi connectivity index (χ4v) is 7.81. The lowest BCUT2D eigenvalue weighted by atomic mass is 10.0. The number of carbonyl (C=O) groups excluding carboxylic acids is 3. The molecule has 0 saturated heterocycles. The van der Waals surface area contributed by atoms with Gasteiger partial charge in [0.25, 0.3) is 0 Å². The van der Waals surface area contributed by atoms with Gasteiger partial charge in [0.15, 0.2) is 6.10 Å². The zero-order valence-corrected chi connectivity index (χ0v) is 45.0. The minimum atomic E-state index is -0.791. The fourth-order valence-electron chi connectivity index (χ4n) is 7.81. The Morgan fingerprint density at radius 3 is 0.884 bits per heavy atom. The summed E-state index contributed by atoms with van der Waals surface area (Å²) in [5.74, 6) is -0.937. The van der Waals surface area contributed by atoms with Crippen LogP contribution in [0.15, 0.2) is 97.2 Å². The van der Waals surface area contributed by atoms with Crippen LogP contribution >= 0.6 is 0 Å². The molecule has 0 aliphatic carbocycles. The van der Waals surface area contributed by atoms with Gasteiger partial charge in [0, 0.05) is 19.3 Å².